The van der Waals surface area contributed by atoms with Crippen LogP contribution in [-0.2, 0) is 6.54 Å². The smallest absolute Gasteiger partial charge is 0.185 e. The van der Waals surface area contributed by atoms with Crippen LogP contribution in [0.3, 0.4) is 0 Å². The van der Waals surface area contributed by atoms with Gasteiger partial charge in [-0.3, -0.25) is 4.98 Å². The summed E-state index contributed by atoms with van der Waals surface area (Å²) in [5.41, 5.74) is 2.15. The molecule has 108 valence electrons. The molecule has 2 aromatic heterocycles. The summed E-state index contributed by atoms with van der Waals surface area (Å²) in [7, 11) is 1.97. The molecule has 1 atom stereocenters. The molecule has 0 saturated carbocycles. The lowest BCUT2D eigenvalue weighted by molar-refractivity contribution is 0.662. The first-order chi connectivity index (χ1) is 9.63. The molecular weight excluding hydrogens is 268 g/mol. The molecule has 20 heavy (non-hydrogen) atoms. The van der Waals surface area contributed by atoms with Crippen LogP contribution in [0.25, 0.3) is 0 Å². The zero-order chi connectivity index (χ0) is 14.5. The molecule has 0 aromatic carbocycles. The maximum Gasteiger partial charge on any atom is 0.185 e. The number of nitrogens with zero attached hydrogens (tertiary/aromatic N) is 3. The van der Waals surface area contributed by atoms with Crippen LogP contribution in [0.15, 0.2) is 24.4 Å². The Hall–Kier alpha value is -1.46. The van der Waals surface area contributed by atoms with Crippen LogP contribution in [0.1, 0.15) is 36.2 Å². The van der Waals surface area contributed by atoms with Crippen LogP contribution in [-0.4, -0.2) is 23.6 Å². The first kappa shape index (κ1) is 14.9. The van der Waals surface area contributed by atoms with Gasteiger partial charge in [0.2, 0.25) is 0 Å². The Balaban J connectivity index is 2.14. The van der Waals surface area contributed by atoms with E-state index in [1.54, 1.807) is 11.3 Å². The number of rotatable bonds is 6. The highest BCUT2D eigenvalue weighted by Crippen LogP contribution is 2.27. The Morgan fingerprint density at radius 1 is 1.40 bits per heavy atom. The third-order valence-corrected chi connectivity index (χ3v) is 4.56. The fourth-order valence-corrected chi connectivity index (χ4v) is 3.00. The number of aromatic nitrogens is 2. The van der Waals surface area contributed by atoms with Crippen molar-refractivity contribution in [2.75, 3.05) is 18.5 Å². The van der Waals surface area contributed by atoms with Crippen molar-refractivity contribution in [2.24, 2.45) is 0 Å². The Morgan fingerprint density at radius 2 is 2.20 bits per heavy atom. The van der Waals surface area contributed by atoms with E-state index in [1.165, 1.54) is 4.88 Å². The molecule has 0 radical (unpaired) electrons. The molecule has 0 spiro atoms. The molecular formula is C15H22N4S. The topological polar surface area (TPSA) is 41.1 Å². The predicted octanol–water partition coefficient (Wildman–Crippen LogP) is 3.15. The summed E-state index contributed by atoms with van der Waals surface area (Å²) in [6.07, 6.45) is 1.97. The molecule has 1 N–H and O–H groups in total. The monoisotopic (exact) mass is 290 g/mol. The van der Waals surface area contributed by atoms with Crippen LogP contribution in [0.5, 0.6) is 0 Å². The third-order valence-electron chi connectivity index (χ3n) is 3.32. The first-order valence-corrected chi connectivity index (χ1v) is 7.76. The van der Waals surface area contributed by atoms with E-state index in [0.29, 0.717) is 6.04 Å². The predicted molar refractivity (Wildman–Crippen MR) is 85.3 cm³/mol. The summed E-state index contributed by atoms with van der Waals surface area (Å²) < 4.78 is 0. The molecule has 2 heterocycles. The lowest BCUT2D eigenvalue weighted by Gasteiger charge is -2.19. The van der Waals surface area contributed by atoms with Gasteiger partial charge >= 0.3 is 0 Å². The second kappa shape index (κ2) is 6.81. The maximum atomic E-state index is 4.57. The lowest BCUT2D eigenvalue weighted by atomic mass is 10.3. The molecule has 0 bridgehead atoms. The van der Waals surface area contributed by atoms with Crippen molar-refractivity contribution in [1.82, 2.24) is 15.3 Å². The summed E-state index contributed by atoms with van der Waals surface area (Å²) in [5, 5.41) is 4.31. The van der Waals surface area contributed by atoms with Crippen molar-refractivity contribution < 1.29 is 0 Å². The molecule has 0 aliphatic heterocycles. The van der Waals surface area contributed by atoms with Gasteiger partial charge in [0, 0.05) is 29.4 Å². The molecule has 0 amide bonds. The van der Waals surface area contributed by atoms with Crippen LogP contribution < -0.4 is 10.2 Å². The van der Waals surface area contributed by atoms with E-state index in [9.17, 15) is 0 Å². The van der Waals surface area contributed by atoms with E-state index in [1.807, 2.05) is 26.2 Å². The number of aryl methyl sites for hydroxylation is 1. The highest BCUT2D eigenvalue weighted by atomic mass is 32.1. The van der Waals surface area contributed by atoms with Crippen molar-refractivity contribution in [3.05, 3.63) is 40.7 Å². The first-order valence-electron chi connectivity index (χ1n) is 6.94. The molecule has 0 aliphatic carbocycles. The van der Waals surface area contributed by atoms with E-state index in [0.717, 1.165) is 29.6 Å². The zero-order valence-corrected chi connectivity index (χ0v) is 13.4. The fourth-order valence-electron chi connectivity index (χ4n) is 1.96. The minimum absolute atomic E-state index is 0.344. The maximum absolute atomic E-state index is 4.57. The fraction of sp³-hybridized carbons (Fsp3) is 0.467. The molecule has 5 heteroatoms. The second-order valence-electron chi connectivity index (χ2n) is 4.84. The van der Waals surface area contributed by atoms with E-state index >= 15 is 0 Å². The van der Waals surface area contributed by atoms with E-state index in [2.05, 4.69) is 46.2 Å². The average Bonchev–Trinajstić information content (AvgIpc) is 2.93. The van der Waals surface area contributed by atoms with Gasteiger partial charge in [-0.05, 0) is 40.0 Å². The molecule has 2 rings (SSSR count). The summed E-state index contributed by atoms with van der Waals surface area (Å²) in [6, 6.07) is 6.50. The molecule has 1 unspecified atom stereocenters. The Bertz CT molecular complexity index is 552. The third kappa shape index (κ3) is 3.55. The normalized spacial score (nSPS) is 12.4. The second-order valence-corrected chi connectivity index (χ2v) is 5.88. The minimum Gasteiger partial charge on any atom is -0.342 e. The van der Waals surface area contributed by atoms with Crippen LogP contribution in [0.2, 0.25) is 0 Å². The Morgan fingerprint density at radius 3 is 2.85 bits per heavy atom. The Kier molecular flexibility index (Phi) is 5.09. The van der Waals surface area contributed by atoms with Crippen molar-refractivity contribution in [3.8, 4) is 0 Å². The van der Waals surface area contributed by atoms with Crippen molar-refractivity contribution in [1.29, 1.82) is 0 Å². The zero-order valence-electron chi connectivity index (χ0n) is 12.6. The highest BCUT2D eigenvalue weighted by molar-refractivity contribution is 7.15. The van der Waals surface area contributed by atoms with Gasteiger partial charge in [0.15, 0.2) is 5.13 Å². The quantitative estimate of drug-likeness (QED) is 0.887. The summed E-state index contributed by atoms with van der Waals surface area (Å²) in [6.45, 7) is 8.06. The lowest BCUT2D eigenvalue weighted by Crippen LogP contribution is -2.22. The van der Waals surface area contributed by atoms with Gasteiger partial charge in [0.25, 0.3) is 0 Å². The molecule has 0 aliphatic rings. The van der Waals surface area contributed by atoms with Gasteiger partial charge in [-0.1, -0.05) is 6.07 Å². The van der Waals surface area contributed by atoms with E-state index in [4.69, 9.17) is 0 Å². The molecule has 2 aromatic rings. The summed E-state index contributed by atoms with van der Waals surface area (Å²) in [5.74, 6) is 0. The standard InChI is InChI=1S/C15H22N4S/c1-5-19(10-13-8-6-7-11(2)18-13)15-17-9-14(20-15)12(3)16-4/h6-9,12,16H,5,10H2,1-4H3. The van der Waals surface area contributed by atoms with Gasteiger partial charge in [-0.25, -0.2) is 4.98 Å². The largest absolute Gasteiger partial charge is 0.342 e. The van der Waals surface area contributed by atoms with Crippen LogP contribution in [0, 0.1) is 6.92 Å². The summed E-state index contributed by atoms with van der Waals surface area (Å²) in [4.78, 5) is 12.6. The van der Waals surface area contributed by atoms with Crippen LogP contribution >= 0.6 is 11.3 Å². The van der Waals surface area contributed by atoms with Crippen molar-refractivity contribution in [3.63, 3.8) is 0 Å². The SMILES string of the molecule is CCN(Cc1cccc(C)n1)c1ncc(C(C)NC)s1. The van der Waals surface area contributed by atoms with Crippen molar-refractivity contribution in [2.45, 2.75) is 33.4 Å². The average molecular weight is 290 g/mol. The number of hydrogen-bond donors (Lipinski definition) is 1. The van der Waals surface area contributed by atoms with Gasteiger partial charge < -0.3 is 10.2 Å². The summed E-state index contributed by atoms with van der Waals surface area (Å²) >= 11 is 1.75. The minimum atomic E-state index is 0.344. The van der Waals surface area contributed by atoms with Crippen molar-refractivity contribution >= 4 is 16.5 Å². The number of anilines is 1. The van der Waals surface area contributed by atoms with Gasteiger partial charge in [0.05, 0.1) is 12.2 Å². The van der Waals surface area contributed by atoms with E-state index < -0.39 is 0 Å². The van der Waals surface area contributed by atoms with Gasteiger partial charge in [-0.15, -0.1) is 11.3 Å². The molecule has 4 nitrogen and oxygen atoms in total. The van der Waals surface area contributed by atoms with Crippen LogP contribution in [0.4, 0.5) is 5.13 Å². The molecule has 0 fully saturated rings. The van der Waals surface area contributed by atoms with Gasteiger partial charge in [0.1, 0.15) is 0 Å². The number of pyridine rings is 1. The number of nitrogens with one attached hydrogen (secondary N) is 1. The number of hydrogen-bond acceptors (Lipinski definition) is 5. The molecule has 0 saturated heterocycles. The van der Waals surface area contributed by atoms with E-state index in [-0.39, 0.29) is 0 Å². The number of thiazole rings is 1. The highest BCUT2D eigenvalue weighted by Gasteiger charge is 2.13. The Labute approximate surface area is 124 Å². The van der Waals surface area contributed by atoms with Gasteiger partial charge in [-0.2, -0.15) is 0 Å².